The molecule has 0 saturated heterocycles. The molecule has 5 nitrogen and oxygen atoms in total. The zero-order valence-corrected chi connectivity index (χ0v) is 12.1. The van der Waals surface area contributed by atoms with E-state index in [-0.39, 0.29) is 23.2 Å². The Hall–Kier alpha value is -1.88. The largest absolute Gasteiger partial charge is 0.329 e. The fourth-order valence-electron chi connectivity index (χ4n) is 2.04. The monoisotopic (exact) mass is 293 g/mol. The van der Waals surface area contributed by atoms with Crippen molar-refractivity contribution in [2.75, 3.05) is 0 Å². The van der Waals surface area contributed by atoms with Gasteiger partial charge < -0.3 is 0 Å². The number of rotatable bonds is 4. The lowest BCUT2D eigenvalue weighted by molar-refractivity contribution is 0.606. The molecule has 0 atom stereocenters. The Bertz CT molecular complexity index is 705. The van der Waals surface area contributed by atoms with Crippen LogP contribution in [0.4, 0.5) is 0 Å². The predicted molar refractivity (Wildman–Crippen MR) is 78.4 cm³/mol. The Morgan fingerprint density at radius 2 is 2.10 bits per heavy atom. The normalized spacial score (nSPS) is 11.0. The van der Waals surface area contributed by atoms with Crippen LogP contribution in [0.15, 0.2) is 34.0 Å². The highest BCUT2D eigenvalue weighted by Crippen LogP contribution is 2.16. The molecule has 0 amide bonds. The second-order valence-corrected chi connectivity index (χ2v) is 5.22. The van der Waals surface area contributed by atoms with Crippen LogP contribution in [-0.2, 0) is 13.0 Å². The summed E-state index contributed by atoms with van der Waals surface area (Å²) >= 11 is 5.94. The van der Waals surface area contributed by atoms with Crippen molar-refractivity contribution < 1.29 is 0 Å². The van der Waals surface area contributed by atoms with Crippen molar-refractivity contribution >= 4 is 11.6 Å². The molecule has 2 aromatic heterocycles. The summed E-state index contributed by atoms with van der Waals surface area (Å²) in [7, 11) is 0. The third kappa shape index (κ3) is 2.99. The quantitative estimate of drug-likeness (QED) is 0.876. The second kappa shape index (κ2) is 6.05. The van der Waals surface area contributed by atoms with E-state index in [1.54, 1.807) is 6.20 Å². The van der Waals surface area contributed by atoms with Gasteiger partial charge in [0, 0.05) is 24.9 Å². The molecule has 106 valence electrons. The van der Waals surface area contributed by atoms with Gasteiger partial charge in [0.25, 0.3) is 5.56 Å². The molecule has 6 heteroatoms. The molecule has 0 aromatic carbocycles. The number of pyridine rings is 1. The molecule has 0 aliphatic rings. The topological polar surface area (TPSA) is 67.8 Å². The van der Waals surface area contributed by atoms with E-state index >= 15 is 0 Å². The molecule has 2 rings (SSSR count). The number of aromatic nitrogens is 3. The molecule has 0 bridgehead atoms. The maximum atomic E-state index is 12.3. The second-order valence-electron chi connectivity index (χ2n) is 4.84. The molecule has 0 saturated carbocycles. The van der Waals surface area contributed by atoms with Gasteiger partial charge in [0.2, 0.25) is 0 Å². The molecular weight excluding hydrogens is 278 g/mol. The number of H-pyrrole nitrogens is 1. The first kappa shape index (κ1) is 14.5. The number of nitrogens with zero attached hydrogens (tertiary/aromatic N) is 2. The van der Waals surface area contributed by atoms with Crippen molar-refractivity contribution in [1.29, 1.82) is 0 Å². The van der Waals surface area contributed by atoms with Crippen molar-refractivity contribution in [3.8, 4) is 0 Å². The summed E-state index contributed by atoms with van der Waals surface area (Å²) in [6.45, 7) is 4.01. The van der Waals surface area contributed by atoms with Crippen LogP contribution in [0.25, 0.3) is 0 Å². The predicted octanol–water partition coefficient (Wildman–Crippen LogP) is 1.95. The van der Waals surface area contributed by atoms with E-state index in [9.17, 15) is 9.59 Å². The van der Waals surface area contributed by atoms with Gasteiger partial charge in [-0.3, -0.25) is 19.3 Å². The fraction of sp³-hybridized carbons (Fsp3) is 0.357. The van der Waals surface area contributed by atoms with Crippen LogP contribution in [0.5, 0.6) is 0 Å². The van der Waals surface area contributed by atoms with E-state index in [4.69, 9.17) is 11.6 Å². The number of nitrogens with one attached hydrogen (secondary N) is 1. The minimum atomic E-state index is -0.486. The maximum Gasteiger partial charge on any atom is 0.329 e. The van der Waals surface area contributed by atoms with E-state index < -0.39 is 5.69 Å². The summed E-state index contributed by atoms with van der Waals surface area (Å²) < 4.78 is 1.18. The molecular formula is C14H16ClN3O2. The average Bonchev–Trinajstić information content (AvgIpc) is 2.38. The lowest BCUT2D eigenvalue weighted by Gasteiger charge is -2.11. The Morgan fingerprint density at radius 1 is 1.35 bits per heavy atom. The molecule has 0 aliphatic carbocycles. The first-order valence-electron chi connectivity index (χ1n) is 6.43. The van der Waals surface area contributed by atoms with Gasteiger partial charge in [0.05, 0.1) is 5.56 Å². The Labute approximate surface area is 121 Å². The van der Waals surface area contributed by atoms with Crippen LogP contribution in [0, 0.1) is 0 Å². The van der Waals surface area contributed by atoms with Crippen LogP contribution >= 0.6 is 11.6 Å². The van der Waals surface area contributed by atoms with Crippen molar-refractivity contribution in [2.24, 2.45) is 0 Å². The minimum Gasteiger partial charge on any atom is -0.297 e. The van der Waals surface area contributed by atoms with Crippen molar-refractivity contribution in [3.63, 3.8) is 0 Å². The van der Waals surface area contributed by atoms with Crippen LogP contribution < -0.4 is 11.2 Å². The highest BCUT2D eigenvalue weighted by molar-refractivity contribution is 6.30. The highest BCUT2D eigenvalue weighted by Gasteiger charge is 2.15. The zero-order chi connectivity index (χ0) is 14.7. The third-order valence-corrected chi connectivity index (χ3v) is 3.37. The lowest BCUT2D eigenvalue weighted by atomic mass is 10.1. The van der Waals surface area contributed by atoms with Gasteiger partial charge >= 0.3 is 5.69 Å². The number of hydrogen-bond acceptors (Lipinski definition) is 3. The molecule has 0 fully saturated rings. The summed E-state index contributed by atoms with van der Waals surface area (Å²) in [6.07, 6.45) is 2.20. The third-order valence-electron chi connectivity index (χ3n) is 3.07. The number of aryl methyl sites for hydroxylation is 1. The Morgan fingerprint density at radius 3 is 2.70 bits per heavy atom. The number of aromatic amines is 1. The van der Waals surface area contributed by atoms with Crippen molar-refractivity contribution in [2.45, 2.75) is 32.7 Å². The number of halogens is 1. The summed E-state index contributed by atoms with van der Waals surface area (Å²) in [4.78, 5) is 30.9. The molecule has 2 aromatic rings. The van der Waals surface area contributed by atoms with Gasteiger partial charge in [0.15, 0.2) is 0 Å². The first-order valence-corrected chi connectivity index (χ1v) is 6.81. The zero-order valence-electron chi connectivity index (χ0n) is 11.4. The van der Waals surface area contributed by atoms with Crippen LogP contribution in [0.1, 0.15) is 31.0 Å². The van der Waals surface area contributed by atoms with E-state index in [1.807, 2.05) is 32.0 Å². The highest BCUT2D eigenvalue weighted by atomic mass is 35.5. The molecule has 0 unspecified atom stereocenters. The summed E-state index contributed by atoms with van der Waals surface area (Å²) in [6, 6.07) is 5.55. The van der Waals surface area contributed by atoms with Gasteiger partial charge in [-0.15, -0.1) is 0 Å². The van der Waals surface area contributed by atoms with Crippen LogP contribution in [0.2, 0.25) is 5.15 Å². The summed E-state index contributed by atoms with van der Waals surface area (Å²) in [5.74, 6) is -0.0482. The standard InChI is InChI=1S/C14H16ClN3O2/c1-9(2)11-12(15)17-14(20)18(13(11)19)8-6-10-5-3-4-7-16-10/h3-5,7,9H,6,8H2,1-2H3,(H,17,20). The van der Waals surface area contributed by atoms with Gasteiger partial charge in [-0.1, -0.05) is 31.5 Å². The molecule has 1 N–H and O–H groups in total. The minimum absolute atomic E-state index is 0.0482. The van der Waals surface area contributed by atoms with Crippen molar-refractivity contribution in [1.82, 2.24) is 14.5 Å². The van der Waals surface area contributed by atoms with Gasteiger partial charge in [0.1, 0.15) is 5.15 Å². The molecule has 20 heavy (non-hydrogen) atoms. The van der Waals surface area contributed by atoms with E-state index in [1.165, 1.54) is 4.57 Å². The molecule has 0 spiro atoms. The SMILES string of the molecule is CC(C)c1c(Cl)[nH]c(=O)n(CCc2ccccn2)c1=O. The van der Waals surface area contributed by atoms with Crippen molar-refractivity contribution in [3.05, 3.63) is 61.6 Å². The Kier molecular flexibility index (Phi) is 4.39. The molecule has 0 radical (unpaired) electrons. The van der Waals surface area contributed by atoms with E-state index in [0.29, 0.717) is 12.0 Å². The van der Waals surface area contributed by atoms with Gasteiger partial charge in [-0.25, -0.2) is 4.79 Å². The first-order chi connectivity index (χ1) is 9.50. The molecule has 2 heterocycles. The molecule has 0 aliphatic heterocycles. The fourth-order valence-corrected chi connectivity index (χ4v) is 2.42. The van der Waals surface area contributed by atoms with E-state index in [2.05, 4.69) is 9.97 Å². The smallest absolute Gasteiger partial charge is 0.297 e. The van der Waals surface area contributed by atoms with Crippen LogP contribution in [-0.4, -0.2) is 14.5 Å². The Balaban J connectivity index is 2.35. The number of hydrogen-bond donors (Lipinski definition) is 1. The summed E-state index contributed by atoms with van der Waals surface area (Å²) in [5, 5.41) is 0.129. The van der Waals surface area contributed by atoms with Gasteiger partial charge in [-0.2, -0.15) is 0 Å². The van der Waals surface area contributed by atoms with Crippen LogP contribution in [0.3, 0.4) is 0 Å². The van der Waals surface area contributed by atoms with E-state index in [0.717, 1.165) is 5.69 Å². The lowest BCUT2D eigenvalue weighted by Crippen LogP contribution is -2.38. The summed E-state index contributed by atoms with van der Waals surface area (Å²) in [5.41, 5.74) is 0.456. The maximum absolute atomic E-state index is 12.3. The van der Waals surface area contributed by atoms with Gasteiger partial charge in [-0.05, 0) is 18.1 Å². The average molecular weight is 294 g/mol.